The van der Waals surface area contributed by atoms with E-state index in [9.17, 15) is 17.6 Å². The summed E-state index contributed by atoms with van der Waals surface area (Å²) in [5.41, 5.74) is -0.0570. The zero-order valence-electron chi connectivity index (χ0n) is 10.9. The average molecular weight is 330 g/mol. The van der Waals surface area contributed by atoms with E-state index in [0.29, 0.717) is 10.1 Å². The van der Waals surface area contributed by atoms with Crippen molar-refractivity contribution in [1.29, 1.82) is 0 Å². The molecule has 3 rings (SSSR count). The molecule has 2 aromatic rings. The van der Waals surface area contributed by atoms with Gasteiger partial charge in [0.1, 0.15) is 10.6 Å². The Bertz CT molecular complexity index is 855. The summed E-state index contributed by atoms with van der Waals surface area (Å²) in [5.74, 6) is -0.926. The molecule has 0 saturated carbocycles. The van der Waals surface area contributed by atoms with Crippen LogP contribution in [0.1, 0.15) is 21.7 Å². The molecule has 1 aromatic carbocycles. The van der Waals surface area contributed by atoms with Gasteiger partial charge in [0.2, 0.25) is 5.00 Å². The molecule has 1 N–H and O–H groups in total. The smallest absolute Gasteiger partial charge is 0.345 e. The molecular weight excluding hydrogens is 319 g/mol. The van der Waals surface area contributed by atoms with Gasteiger partial charge in [-0.05, 0) is 23.6 Å². The van der Waals surface area contributed by atoms with Gasteiger partial charge in [0.25, 0.3) is 0 Å². The zero-order valence-corrected chi connectivity index (χ0v) is 12.6. The molecule has 0 saturated heterocycles. The minimum atomic E-state index is -3.98. The number of carbonyl (C=O) groups is 1. The van der Waals surface area contributed by atoms with Gasteiger partial charge in [0, 0.05) is 22.9 Å². The molecule has 8 heteroatoms. The lowest BCUT2D eigenvalue weighted by Crippen LogP contribution is -2.35. The minimum absolute atomic E-state index is 0.0424. The molecule has 112 valence electrons. The Morgan fingerprint density at radius 3 is 2.76 bits per heavy atom. The minimum Gasteiger partial charge on any atom is -0.493 e. The van der Waals surface area contributed by atoms with Crippen LogP contribution in [0.4, 0.5) is 4.39 Å². The van der Waals surface area contributed by atoms with Crippen LogP contribution in [0.2, 0.25) is 0 Å². The molecule has 0 spiro atoms. The van der Waals surface area contributed by atoms with E-state index in [1.165, 1.54) is 18.2 Å². The van der Waals surface area contributed by atoms with Gasteiger partial charge in [-0.3, -0.25) is 0 Å². The number of benzene rings is 1. The topological polar surface area (TPSA) is 80.7 Å². The molecule has 0 aliphatic carbocycles. The number of rotatable bonds is 2. The van der Waals surface area contributed by atoms with Crippen LogP contribution in [-0.4, -0.2) is 32.4 Å². The molecule has 0 bridgehead atoms. The van der Waals surface area contributed by atoms with E-state index in [0.717, 1.165) is 17.6 Å². The van der Waals surface area contributed by atoms with Crippen molar-refractivity contribution in [3.63, 3.8) is 0 Å². The highest BCUT2D eigenvalue weighted by atomic mass is 32.2. The third kappa shape index (κ3) is 2.09. The molecule has 1 atom stereocenters. The van der Waals surface area contributed by atoms with Gasteiger partial charge in [-0.25, -0.2) is 17.6 Å². The Morgan fingerprint density at radius 1 is 1.43 bits per heavy atom. The standard InChI is InChI=1S/C13H11FO5S2/c1-21(17,18)13(14)2-3-19-9-6-10-7(4-8(9)13)5-11(20-10)12(15)16/h4-6H,2-3H2,1H3,(H,15,16). The lowest BCUT2D eigenvalue weighted by atomic mass is 10.0. The fraction of sp³-hybridized carbons (Fsp3) is 0.308. The number of sulfone groups is 1. The molecule has 21 heavy (non-hydrogen) atoms. The van der Waals surface area contributed by atoms with Crippen LogP contribution >= 0.6 is 11.3 Å². The van der Waals surface area contributed by atoms with Crippen LogP contribution in [0.5, 0.6) is 5.75 Å². The van der Waals surface area contributed by atoms with E-state index in [2.05, 4.69) is 0 Å². The van der Waals surface area contributed by atoms with Crippen molar-refractivity contribution >= 4 is 37.2 Å². The highest BCUT2D eigenvalue weighted by molar-refractivity contribution is 7.91. The van der Waals surface area contributed by atoms with Gasteiger partial charge in [-0.1, -0.05) is 0 Å². The highest BCUT2D eigenvalue weighted by Crippen LogP contribution is 2.46. The average Bonchev–Trinajstić information content (AvgIpc) is 2.79. The number of ether oxygens (including phenoxy) is 1. The number of hydrogen-bond acceptors (Lipinski definition) is 5. The summed E-state index contributed by atoms with van der Waals surface area (Å²) in [6.45, 7) is -0.0424. The summed E-state index contributed by atoms with van der Waals surface area (Å²) in [7, 11) is -3.98. The van der Waals surface area contributed by atoms with E-state index in [1.54, 1.807) is 0 Å². The highest BCUT2D eigenvalue weighted by Gasteiger charge is 2.47. The van der Waals surface area contributed by atoms with Gasteiger partial charge in [-0.15, -0.1) is 11.3 Å². The number of hydrogen-bond donors (Lipinski definition) is 1. The summed E-state index contributed by atoms with van der Waals surface area (Å²) in [6, 6.07) is 4.27. The normalized spacial score (nSPS) is 21.8. The van der Waals surface area contributed by atoms with Crippen LogP contribution in [0.25, 0.3) is 10.1 Å². The number of carboxylic acid groups (broad SMARTS) is 1. The van der Waals surface area contributed by atoms with Gasteiger partial charge < -0.3 is 9.84 Å². The fourth-order valence-corrected chi connectivity index (χ4v) is 4.32. The molecule has 0 amide bonds. The van der Waals surface area contributed by atoms with Crippen LogP contribution in [0, 0.1) is 0 Å². The van der Waals surface area contributed by atoms with E-state index >= 15 is 0 Å². The van der Waals surface area contributed by atoms with E-state index < -0.39 is 20.8 Å². The van der Waals surface area contributed by atoms with Crippen LogP contribution in [-0.2, 0) is 14.8 Å². The van der Waals surface area contributed by atoms with Crippen molar-refractivity contribution in [3.05, 3.63) is 28.6 Å². The summed E-state index contributed by atoms with van der Waals surface area (Å²) >= 11 is 1.03. The molecular formula is C13H11FO5S2. The molecule has 0 radical (unpaired) electrons. The number of thiophene rings is 1. The van der Waals surface area contributed by atoms with E-state index in [1.807, 2.05) is 0 Å². The molecule has 0 fully saturated rings. The van der Waals surface area contributed by atoms with Gasteiger partial charge in [-0.2, -0.15) is 0 Å². The second-order valence-electron chi connectivity index (χ2n) is 4.90. The first kappa shape index (κ1) is 14.3. The maximum atomic E-state index is 15.0. The molecule has 1 unspecified atom stereocenters. The Kier molecular flexibility index (Phi) is 3.00. The van der Waals surface area contributed by atoms with Crippen molar-refractivity contribution in [2.45, 2.75) is 11.4 Å². The third-order valence-electron chi connectivity index (χ3n) is 3.50. The van der Waals surface area contributed by atoms with Gasteiger partial charge >= 0.3 is 5.97 Å². The van der Waals surface area contributed by atoms with Crippen molar-refractivity contribution in [3.8, 4) is 5.75 Å². The van der Waals surface area contributed by atoms with Crippen molar-refractivity contribution in [2.75, 3.05) is 12.9 Å². The summed E-state index contributed by atoms with van der Waals surface area (Å²) in [5, 5.41) is 6.99. The number of carboxylic acids is 1. The quantitative estimate of drug-likeness (QED) is 0.915. The Hall–Kier alpha value is -1.67. The maximum absolute atomic E-state index is 15.0. The van der Waals surface area contributed by atoms with Crippen molar-refractivity contribution in [2.24, 2.45) is 0 Å². The predicted octanol–water partition coefficient (Wildman–Crippen LogP) is 2.55. The second kappa shape index (κ2) is 4.41. The Balaban J connectivity index is 2.28. The first-order chi connectivity index (χ1) is 9.72. The van der Waals surface area contributed by atoms with E-state index in [4.69, 9.17) is 9.84 Å². The molecule has 1 aliphatic rings. The molecule has 1 aromatic heterocycles. The van der Waals surface area contributed by atoms with Crippen LogP contribution in [0.3, 0.4) is 0 Å². The summed E-state index contributed by atoms with van der Waals surface area (Å²) < 4.78 is 44.5. The van der Waals surface area contributed by atoms with Gasteiger partial charge in [0.15, 0.2) is 9.84 Å². The number of fused-ring (bicyclic) bond motifs is 2. The zero-order chi connectivity index (χ0) is 15.4. The largest absolute Gasteiger partial charge is 0.493 e. The molecule has 2 heterocycles. The predicted molar refractivity (Wildman–Crippen MR) is 76.5 cm³/mol. The number of aromatic carboxylic acids is 1. The molecule has 5 nitrogen and oxygen atoms in total. The van der Waals surface area contributed by atoms with E-state index in [-0.39, 0.29) is 29.2 Å². The SMILES string of the molecule is CS(=O)(=O)C1(F)CCOc2cc3sc(C(=O)O)cc3cc21. The van der Waals surface area contributed by atoms with Crippen LogP contribution < -0.4 is 4.74 Å². The number of alkyl halides is 1. The van der Waals surface area contributed by atoms with Crippen LogP contribution in [0.15, 0.2) is 18.2 Å². The van der Waals surface area contributed by atoms with Gasteiger partial charge in [0.05, 0.1) is 6.61 Å². The van der Waals surface area contributed by atoms with Crippen molar-refractivity contribution in [1.82, 2.24) is 0 Å². The summed E-state index contributed by atoms with van der Waals surface area (Å²) in [4.78, 5) is 11.1. The lowest BCUT2D eigenvalue weighted by molar-refractivity contribution is 0.0702. The van der Waals surface area contributed by atoms with Crippen molar-refractivity contribution < 1.29 is 27.4 Å². The summed E-state index contributed by atoms with van der Waals surface area (Å²) in [6.07, 6.45) is 0.572. The first-order valence-corrected chi connectivity index (χ1v) is 8.76. The second-order valence-corrected chi connectivity index (χ2v) is 8.18. The monoisotopic (exact) mass is 330 g/mol. The fourth-order valence-electron chi connectivity index (χ4n) is 2.40. The third-order valence-corrected chi connectivity index (χ3v) is 6.19. The Morgan fingerprint density at radius 2 is 2.14 bits per heavy atom. The maximum Gasteiger partial charge on any atom is 0.345 e. The lowest BCUT2D eigenvalue weighted by Gasteiger charge is -2.30. The molecule has 1 aliphatic heterocycles. The first-order valence-electron chi connectivity index (χ1n) is 6.05. The Labute approximate surface area is 123 Å². The number of halogens is 1.